The third kappa shape index (κ3) is 3.03. The van der Waals surface area contributed by atoms with E-state index in [-0.39, 0.29) is 5.82 Å². The van der Waals surface area contributed by atoms with Gasteiger partial charge in [0, 0.05) is 16.1 Å². The maximum Gasteiger partial charge on any atom is 0.142 e. The van der Waals surface area contributed by atoms with Crippen LogP contribution in [0, 0.1) is 18.3 Å². The zero-order valence-electron chi connectivity index (χ0n) is 12.5. The smallest absolute Gasteiger partial charge is 0.142 e. The first kappa shape index (κ1) is 15.1. The lowest BCUT2D eigenvalue weighted by Crippen LogP contribution is -1.99. The minimum atomic E-state index is 0.233. The molecule has 2 aromatic carbocycles. The first-order chi connectivity index (χ1) is 11.1. The highest BCUT2D eigenvalue weighted by Crippen LogP contribution is 2.31. The van der Waals surface area contributed by atoms with Gasteiger partial charge < -0.3 is 5.73 Å². The lowest BCUT2D eigenvalue weighted by Gasteiger charge is -2.11. The van der Waals surface area contributed by atoms with Crippen LogP contribution in [-0.2, 0) is 0 Å². The zero-order chi connectivity index (χ0) is 16.4. The molecule has 0 aliphatic rings. The Labute approximate surface area is 140 Å². The van der Waals surface area contributed by atoms with Crippen molar-refractivity contribution in [3.8, 4) is 28.5 Å². The second-order valence-corrected chi connectivity index (χ2v) is 5.74. The molecule has 4 heteroatoms. The van der Waals surface area contributed by atoms with Crippen LogP contribution in [-0.4, -0.2) is 4.98 Å². The van der Waals surface area contributed by atoms with Crippen LogP contribution >= 0.6 is 11.6 Å². The van der Waals surface area contributed by atoms with Crippen molar-refractivity contribution in [1.29, 1.82) is 5.26 Å². The Bertz CT molecular complexity index is 909. The molecular formula is C19H14ClN3. The Hall–Kier alpha value is -2.83. The highest BCUT2D eigenvalue weighted by atomic mass is 35.5. The lowest BCUT2D eigenvalue weighted by atomic mass is 9.97. The summed E-state index contributed by atoms with van der Waals surface area (Å²) in [4.78, 5) is 4.36. The minimum Gasteiger partial charge on any atom is -0.383 e. The molecular weight excluding hydrogens is 306 g/mol. The predicted molar refractivity (Wildman–Crippen MR) is 94.0 cm³/mol. The van der Waals surface area contributed by atoms with Gasteiger partial charge in [0.05, 0.1) is 5.69 Å². The van der Waals surface area contributed by atoms with E-state index < -0.39 is 0 Å². The number of halogens is 1. The van der Waals surface area contributed by atoms with E-state index in [1.807, 2.05) is 49.4 Å². The highest BCUT2D eigenvalue weighted by molar-refractivity contribution is 6.30. The van der Waals surface area contributed by atoms with Gasteiger partial charge in [0.25, 0.3) is 0 Å². The van der Waals surface area contributed by atoms with Gasteiger partial charge in [-0.05, 0) is 30.7 Å². The normalized spacial score (nSPS) is 10.3. The van der Waals surface area contributed by atoms with Crippen molar-refractivity contribution < 1.29 is 0 Å². The number of aromatic nitrogens is 1. The third-order valence-corrected chi connectivity index (χ3v) is 3.88. The number of nitriles is 1. The maximum atomic E-state index is 9.44. The summed E-state index contributed by atoms with van der Waals surface area (Å²) in [5, 5.41) is 10.1. The van der Waals surface area contributed by atoms with Gasteiger partial charge in [0.15, 0.2) is 0 Å². The first-order valence-corrected chi connectivity index (χ1v) is 7.50. The number of anilines is 1. The molecule has 3 aromatic rings. The molecule has 0 fully saturated rings. The molecule has 0 saturated heterocycles. The number of nitrogens with two attached hydrogens (primary N) is 1. The van der Waals surface area contributed by atoms with Gasteiger partial charge in [0.1, 0.15) is 17.5 Å². The summed E-state index contributed by atoms with van der Waals surface area (Å²) in [5.74, 6) is 0.233. The molecule has 0 amide bonds. The van der Waals surface area contributed by atoms with Crippen molar-refractivity contribution in [2.45, 2.75) is 6.92 Å². The second kappa shape index (κ2) is 6.12. The molecule has 1 aromatic heterocycles. The molecule has 23 heavy (non-hydrogen) atoms. The summed E-state index contributed by atoms with van der Waals surface area (Å²) >= 11 is 5.93. The Morgan fingerprint density at radius 1 is 1.04 bits per heavy atom. The van der Waals surface area contributed by atoms with E-state index in [9.17, 15) is 5.26 Å². The number of aryl methyl sites for hydroxylation is 1. The van der Waals surface area contributed by atoms with Crippen molar-refractivity contribution >= 4 is 17.4 Å². The largest absolute Gasteiger partial charge is 0.383 e. The van der Waals surface area contributed by atoms with Gasteiger partial charge in [-0.15, -0.1) is 0 Å². The maximum absolute atomic E-state index is 9.44. The molecule has 0 aliphatic heterocycles. The number of rotatable bonds is 2. The quantitative estimate of drug-likeness (QED) is 0.735. The minimum absolute atomic E-state index is 0.233. The number of nitrogens with zero attached hydrogens (tertiary/aromatic N) is 2. The molecule has 0 atom stereocenters. The third-order valence-electron chi connectivity index (χ3n) is 3.63. The molecule has 2 N–H and O–H groups in total. The number of hydrogen-bond acceptors (Lipinski definition) is 3. The summed E-state index contributed by atoms with van der Waals surface area (Å²) in [6.07, 6.45) is 0. The van der Waals surface area contributed by atoms with Gasteiger partial charge in [-0.1, -0.05) is 53.6 Å². The molecule has 3 rings (SSSR count). The van der Waals surface area contributed by atoms with Crippen LogP contribution in [0.4, 0.5) is 5.82 Å². The molecule has 0 bridgehead atoms. The van der Waals surface area contributed by atoms with Crippen LogP contribution in [0.1, 0.15) is 11.1 Å². The standard InChI is InChI=1S/C19H14ClN3/c1-12-3-2-4-14(9-12)16-10-18(23-19(22)17(16)11-21)13-5-7-15(20)8-6-13/h2-10H,1H3,(H2,22,23). The lowest BCUT2D eigenvalue weighted by molar-refractivity contribution is 1.31. The van der Waals surface area contributed by atoms with Crippen LogP contribution in [0.5, 0.6) is 0 Å². The van der Waals surface area contributed by atoms with E-state index in [1.54, 1.807) is 12.1 Å². The van der Waals surface area contributed by atoms with Crippen molar-refractivity contribution in [2.75, 3.05) is 5.73 Å². The van der Waals surface area contributed by atoms with Crippen molar-refractivity contribution in [2.24, 2.45) is 0 Å². The summed E-state index contributed by atoms with van der Waals surface area (Å²) in [7, 11) is 0. The Balaban J connectivity index is 2.22. The molecule has 3 nitrogen and oxygen atoms in total. The number of hydrogen-bond donors (Lipinski definition) is 1. The van der Waals surface area contributed by atoms with E-state index in [0.29, 0.717) is 10.6 Å². The Morgan fingerprint density at radius 2 is 1.78 bits per heavy atom. The van der Waals surface area contributed by atoms with Crippen LogP contribution < -0.4 is 5.73 Å². The SMILES string of the molecule is Cc1cccc(-c2cc(-c3ccc(Cl)cc3)nc(N)c2C#N)c1. The average Bonchev–Trinajstić information content (AvgIpc) is 2.55. The Morgan fingerprint density at radius 3 is 2.43 bits per heavy atom. The second-order valence-electron chi connectivity index (χ2n) is 5.30. The van der Waals surface area contributed by atoms with Crippen molar-refractivity contribution in [1.82, 2.24) is 4.98 Å². The fraction of sp³-hybridized carbons (Fsp3) is 0.0526. The predicted octanol–water partition coefficient (Wildman–Crippen LogP) is 4.83. The van der Waals surface area contributed by atoms with E-state index >= 15 is 0 Å². The summed E-state index contributed by atoms with van der Waals surface area (Å²) in [6, 6.07) is 19.4. The molecule has 0 unspecified atom stereocenters. The fourth-order valence-electron chi connectivity index (χ4n) is 2.49. The van der Waals surface area contributed by atoms with Crippen LogP contribution in [0.2, 0.25) is 5.02 Å². The van der Waals surface area contributed by atoms with Gasteiger partial charge in [-0.2, -0.15) is 5.26 Å². The summed E-state index contributed by atoms with van der Waals surface area (Å²) < 4.78 is 0. The number of nitrogen functional groups attached to an aromatic ring is 1. The van der Waals surface area contributed by atoms with E-state index in [1.165, 1.54) is 0 Å². The molecule has 0 spiro atoms. The van der Waals surface area contributed by atoms with Crippen molar-refractivity contribution in [3.63, 3.8) is 0 Å². The highest BCUT2D eigenvalue weighted by Gasteiger charge is 2.13. The Kier molecular flexibility index (Phi) is 4.01. The van der Waals surface area contributed by atoms with Crippen LogP contribution in [0.3, 0.4) is 0 Å². The van der Waals surface area contributed by atoms with Gasteiger partial charge in [-0.3, -0.25) is 0 Å². The van der Waals surface area contributed by atoms with Gasteiger partial charge in [0.2, 0.25) is 0 Å². The summed E-state index contributed by atoms with van der Waals surface area (Å²) in [5.41, 5.74) is 10.9. The molecule has 1 heterocycles. The van der Waals surface area contributed by atoms with Crippen LogP contribution in [0.25, 0.3) is 22.4 Å². The molecule has 0 saturated carbocycles. The first-order valence-electron chi connectivity index (χ1n) is 7.12. The summed E-state index contributed by atoms with van der Waals surface area (Å²) in [6.45, 7) is 2.01. The van der Waals surface area contributed by atoms with E-state index in [0.717, 1.165) is 27.9 Å². The van der Waals surface area contributed by atoms with Crippen molar-refractivity contribution in [3.05, 3.63) is 70.7 Å². The molecule has 0 aliphatic carbocycles. The van der Waals surface area contributed by atoms with E-state index in [2.05, 4.69) is 11.1 Å². The van der Waals surface area contributed by atoms with Gasteiger partial charge >= 0.3 is 0 Å². The van der Waals surface area contributed by atoms with E-state index in [4.69, 9.17) is 17.3 Å². The monoisotopic (exact) mass is 319 g/mol. The van der Waals surface area contributed by atoms with Gasteiger partial charge in [-0.25, -0.2) is 4.98 Å². The zero-order valence-corrected chi connectivity index (χ0v) is 13.3. The molecule has 112 valence electrons. The number of benzene rings is 2. The fourth-order valence-corrected chi connectivity index (χ4v) is 2.62. The van der Waals surface area contributed by atoms with Crippen LogP contribution in [0.15, 0.2) is 54.6 Å². The number of pyridine rings is 1. The average molecular weight is 320 g/mol. The molecule has 0 radical (unpaired) electrons. The topological polar surface area (TPSA) is 62.7 Å².